The van der Waals surface area contributed by atoms with Gasteiger partial charge in [0, 0.05) is 25.1 Å². The lowest BCUT2D eigenvalue weighted by atomic mass is 9.97. The number of likely N-dealkylation sites (tertiary alicyclic amines) is 1. The second kappa shape index (κ2) is 8.61. The monoisotopic (exact) mass is 393 g/mol. The van der Waals surface area contributed by atoms with E-state index in [1.165, 1.54) is 0 Å². The molecule has 1 fully saturated rings. The van der Waals surface area contributed by atoms with E-state index >= 15 is 0 Å². The van der Waals surface area contributed by atoms with Gasteiger partial charge in [-0.05, 0) is 38.4 Å². The van der Waals surface area contributed by atoms with Gasteiger partial charge in [-0.15, -0.1) is 0 Å². The zero-order valence-electron chi connectivity index (χ0n) is 17.0. The number of furan rings is 1. The van der Waals surface area contributed by atoms with E-state index in [9.17, 15) is 4.79 Å². The zero-order chi connectivity index (χ0) is 20.2. The molecule has 1 saturated heterocycles. The highest BCUT2D eigenvalue weighted by atomic mass is 16.3. The maximum Gasteiger partial charge on any atom is 0.236 e. The fourth-order valence-electron chi connectivity index (χ4n) is 3.80. The second-order valence-corrected chi connectivity index (χ2v) is 7.75. The van der Waals surface area contributed by atoms with Gasteiger partial charge in [-0.25, -0.2) is 4.98 Å². The third kappa shape index (κ3) is 4.74. The lowest BCUT2D eigenvalue weighted by Gasteiger charge is -2.32. The van der Waals surface area contributed by atoms with E-state index < -0.39 is 0 Å². The highest BCUT2D eigenvalue weighted by Gasteiger charge is 2.26. The summed E-state index contributed by atoms with van der Waals surface area (Å²) in [4.78, 5) is 21.3. The summed E-state index contributed by atoms with van der Waals surface area (Å²) in [7, 11) is 1.82. The van der Waals surface area contributed by atoms with Crippen molar-refractivity contribution in [1.29, 1.82) is 0 Å². The molecule has 3 aromatic rings. The van der Waals surface area contributed by atoms with E-state index in [1.54, 1.807) is 4.90 Å². The summed E-state index contributed by atoms with van der Waals surface area (Å²) in [5, 5.41) is 7.49. The molecule has 0 bridgehead atoms. The van der Waals surface area contributed by atoms with Gasteiger partial charge >= 0.3 is 0 Å². The number of aryl methyl sites for hydroxylation is 1. The first-order valence-electron chi connectivity index (χ1n) is 10.1. The van der Waals surface area contributed by atoms with Crippen LogP contribution in [0.15, 0.2) is 46.9 Å². The molecular formula is C22H27N5O2. The summed E-state index contributed by atoms with van der Waals surface area (Å²) in [5.74, 6) is 3.66. The van der Waals surface area contributed by atoms with Gasteiger partial charge < -0.3 is 9.32 Å². The third-order valence-electron chi connectivity index (χ3n) is 5.40. The zero-order valence-corrected chi connectivity index (χ0v) is 17.0. The van der Waals surface area contributed by atoms with Crippen molar-refractivity contribution in [1.82, 2.24) is 25.0 Å². The number of likely N-dealkylation sites (N-methyl/N-ethyl adjacent to an activating group) is 1. The number of nitrogens with zero attached hydrogens (tertiary/aromatic N) is 4. The Morgan fingerprint density at radius 1 is 1.28 bits per heavy atom. The van der Waals surface area contributed by atoms with Crippen LogP contribution in [-0.2, 0) is 11.3 Å². The molecule has 2 aromatic heterocycles. The lowest BCUT2D eigenvalue weighted by molar-refractivity contribution is -0.132. The van der Waals surface area contributed by atoms with Crippen molar-refractivity contribution in [3.05, 3.63) is 59.8 Å². The van der Waals surface area contributed by atoms with E-state index in [0.29, 0.717) is 13.1 Å². The average Bonchev–Trinajstić information content (AvgIpc) is 3.38. The number of benzene rings is 1. The van der Waals surface area contributed by atoms with Crippen molar-refractivity contribution >= 4 is 5.91 Å². The molecule has 1 aromatic carbocycles. The van der Waals surface area contributed by atoms with Gasteiger partial charge in [-0.3, -0.25) is 14.8 Å². The smallest absolute Gasteiger partial charge is 0.236 e. The van der Waals surface area contributed by atoms with E-state index in [1.807, 2.05) is 56.4 Å². The molecule has 1 amide bonds. The Hall–Kier alpha value is -2.93. The summed E-state index contributed by atoms with van der Waals surface area (Å²) in [6.45, 7) is 4.54. The number of nitrogens with one attached hydrogen (secondary N) is 1. The van der Waals surface area contributed by atoms with E-state index in [4.69, 9.17) is 9.40 Å². The highest BCUT2D eigenvalue weighted by Crippen LogP contribution is 2.26. The van der Waals surface area contributed by atoms with Crippen LogP contribution in [0.25, 0.3) is 11.4 Å². The number of aromatic nitrogens is 3. The largest absolute Gasteiger partial charge is 0.464 e. The van der Waals surface area contributed by atoms with Gasteiger partial charge in [-0.2, -0.15) is 5.10 Å². The number of carbonyl (C=O) groups excluding carboxylic acids is 1. The maximum absolute atomic E-state index is 12.7. The Bertz CT molecular complexity index is 949. The molecule has 1 aliphatic rings. The predicted octanol–water partition coefficient (Wildman–Crippen LogP) is 3.21. The molecule has 0 spiro atoms. The van der Waals surface area contributed by atoms with E-state index in [-0.39, 0.29) is 11.8 Å². The van der Waals surface area contributed by atoms with Crippen LogP contribution < -0.4 is 0 Å². The van der Waals surface area contributed by atoms with Gasteiger partial charge in [0.2, 0.25) is 5.91 Å². The molecular weight excluding hydrogens is 366 g/mol. The fraction of sp³-hybridized carbons (Fsp3) is 0.409. The lowest BCUT2D eigenvalue weighted by Crippen LogP contribution is -2.42. The van der Waals surface area contributed by atoms with Gasteiger partial charge in [-0.1, -0.05) is 30.3 Å². The van der Waals surface area contributed by atoms with Gasteiger partial charge in [0.1, 0.15) is 17.3 Å². The van der Waals surface area contributed by atoms with Crippen molar-refractivity contribution < 1.29 is 9.21 Å². The number of aromatic amines is 1. The van der Waals surface area contributed by atoms with Crippen molar-refractivity contribution in [3.8, 4) is 11.4 Å². The molecule has 1 aliphatic heterocycles. The summed E-state index contributed by atoms with van der Waals surface area (Å²) in [5.41, 5.74) is 1.01. The minimum atomic E-state index is 0.0993. The van der Waals surface area contributed by atoms with Crippen molar-refractivity contribution in [2.75, 3.05) is 26.7 Å². The molecule has 152 valence electrons. The molecule has 29 heavy (non-hydrogen) atoms. The summed E-state index contributed by atoms with van der Waals surface area (Å²) >= 11 is 0. The van der Waals surface area contributed by atoms with Crippen LogP contribution in [0.2, 0.25) is 0 Å². The van der Waals surface area contributed by atoms with Crippen molar-refractivity contribution in [2.45, 2.75) is 32.2 Å². The van der Waals surface area contributed by atoms with Crippen LogP contribution in [0, 0.1) is 6.92 Å². The Morgan fingerprint density at radius 2 is 2.10 bits per heavy atom. The normalized spacial score (nSPS) is 17.4. The Kier molecular flexibility index (Phi) is 5.76. The van der Waals surface area contributed by atoms with E-state index in [2.05, 4.69) is 15.1 Å². The van der Waals surface area contributed by atoms with Crippen LogP contribution in [0.5, 0.6) is 0 Å². The molecule has 0 unspecified atom stereocenters. The minimum absolute atomic E-state index is 0.0993. The molecule has 3 heterocycles. The molecule has 7 nitrogen and oxygen atoms in total. The number of hydrogen-bond acceptors (Lipinski definition) is 5. The number of carbonyl (C=O) groups is 1. The molecule has 0 radical (unpaired) electrons. The van der Waals surface area contributed by atoms with Gasteiger partial charge in [0.05, 0.1) is 13.1 Å². The predicted molar refractivity (Wildman–Crippen MR) is 110 cm³/mol. The van der Waals surface area contributed by atoms with Crippen LogP contribution in [0.1, 0.15) is 36.1 Å². The number of piperidine rings is 1. The topological polar surface area (TPSA) is 78.3 Å². The SMILES string of the molecule is Cc1ccc(CN(C)C(=O)CN2CCC[C@H](c3nc(-c4ccccc4)n[nH]3)C2)o1. The molecule has 1 N–H and O–H groups in total. The molecule has 0 saturated carbocycles. The minimum Gasteiger partial charge on any atom is -0.464 e. The van der Waals surface area contributed by atoms with Crippen molar-refractivity contribution in [3.63, 3.8) is 0 Å². The quantitative estimate of drug-likeness (QED) is 0.696. The number of rotatable bonds is 6. The van der Waals surface area contributed by atoms with Gasteiger partial charge in [0.15, 0.2) is 5.82 Å². The standard InChI is InChI=1S/C22H27N5O2/c1-16-10-11-19(29-16)14-26(2)20(28)15-27-12-6-9-18(13-27)22-23-21(24-25-22)17-7-4-3-5-8-17/h3-5,7-8,10-11,18H,6,9,12-15H2,1-2H3,(H,23,24,25)/t18-/m0/s1. The Labute approximate surface area is 170 Å². The highest BCUT2D eigenvalue weighted by molar-refractivity contribution is 5.78. The van der Waals surface area contributed by atoms with Crippen LogP contribution in [0.4, 0.5) is 0 Å². The number of amides is 1. The summed E-state index contributed by atoms with van der Waals surface area (Å²) in [6, 6.07) is 13.8. The Morgan fingerprint density at radius 3 is 2.86 bits per heavy atom. The third-order valence-corrected chi connectivity index (χ3v) is 5.40. The van der Waals surface area contributed by atoms with Crippen LogP contribution in [-0.4, -0.2) is 57.6 Å². The van der Waals surface area contributed by atoms with E-state index in [0.717, 1.165) is 54.7 Å². The number of hydrogen-bond donors (Lipinski definition) is 1. The molecule has 4 rings (SSSR count). The fourth-order valence-corrected chi connectivity index (χ4v) is 3.80. The summed E-state index contributed by atoms with van der Waals surface area (Å²) in [6.07, 6.45) is 2.09. The second-order valence-electron chi connectivity index (χ2n) is 7.75. The first-order valence-corrected chi connectivity index (χ1v) is 10.1. The molecule has 1 atom stereocenters. The average molecular weight is 393 g/mol. The maximum atomic E-state index is 12.7. The first-order chi connectivity index (χ1) is 14.1. The van der Waals surface area contributed by atoms with Gasteiger partial charge in [0.25, 0.3) is 0 Å². The van der Waals surface area contributed by atoms with Crippen LogP contribution in [0.3, 0.4) is 0 Å². The molecule has 7 heteroatoms. The Balaban J connectivity index is 1.35. The molecule has 0 aliphatic carbocycles. The first kappa shape index (κ1) is 19.4. The number of H-pyrrole nitrogens is 1. The summed E-state index contributed by atoms with van der Waals surface area (Å²) < 4.78 is 5.58. The van der Waals surface area contributed by atoms with Crippen molar-refractivity contribution in [2.24, 2.45) is 0 Å². The van der Waals surface area contributed by atoms with Crippen LogP contribution >= 0.6 is 0 Å².